The molecule has 0 unspecified atom stereocenters. The molecule has 0 atom stereocenters. The van der Waals surface area contributed by atoms with Crippen LogP contribution in [0.2, 0.25) is 0 Å². The maximum Gasteiger partial charge on any atom is 0.189 e. The second-order valence-electron chi connectivity index (χ2n) is 6.51. The number of imidazole rings is 1. The first-order valence-corrected chi connectivity index (χ1v) is 8.59. The number of benzene rings is 2. The van der Waals surface area contributed by atoms with Crippen molar-refractivity contribution in [3.8, 4) is 0 Å². The van der Waals surface area contributed by atoms with Crippen molar-refractivity contribution in [1.82, 2.24) is 14.9 Å². The lowest BCUT2D eigenvalue weighted by Gasteiger charge is -2.32. The first-order chi connectivity index (χ1) is 12.7. The lowest BCUT2D eigenvalue weighted by molar-refractivity contribution is 0.104. The Bertz CT molecular complexity index is 1110. The van der Waals surface area contributed by atoms with Crippen LogP contribution in [-0.4, -0.2) is 39.6 Å². The van der Waals surface area contributed by atoms with Crippen molar-refractivity contribution < 1.29 is 4.79 Å². The Balaban J connectivity index is 0.00000180. The molecule has 2 aliphatic heterocycles. The Labute approximate surface area is 162 Å². The summed E-state index contributed by atoms with van der Waals surface area (Å²) in [6.07, 6.45) is 3.29. The van der Waals surface area contributed by atoms with E-state index in [-0.39, 0.29) is 18.2 Å². The van der Waals surface area contributed by atoms with E-state index >= 15 is 0 Å². The summed E-state index contributed by atoms with van der Waals surface area (Å²) in [5, 5.41) is 3.43. The molecule has 6 nitrogen and oxygen atoms in total. The average molecular weight is 380 g/mol. The monoisotopic (exact) mass is 379 g/mol. The molecule has 136 valence electrons. The van der Waals surface area contributed by atoms with E-state index in [9.17, 15) is 4.79 Å². The van der Waals surface area contributed by atoms with Gasteiger partial charge in [-0.05, 0) is 36.8 Å². The second kappa shape index (κ2) is 6.55. The molecule has 0 bridgehead atoms. The van der Waals surface area contributed by atoms with Crippen molar-refractivity contribution in [2.24, 2.45) is 4.99 Å². The van der Waals surface area contributed by atoms with Gasteiger partial charge in [0, 0.05) is 23.7 Å². The molecule has 2 aliphatic rings. The molecule has 5 rings (SSSR count). The maximum atomic E-state index is 12.8. The number of aliphatic imine (C=N–C) groups is 1. The summed E-state index contributed by atoms with van der Waals surface area (Å²) >= 11 is 0. The highest BCUT2D eigenvalue weighted by Gasteiger charge is 2.30. The number of H-pyrrole nitrogens is 1. The summed E-state index contributed by atoms with van der Waals surface area (Å²) in [6, 6.07) is 11.7. The molecule has 27 heavy (non-hydrogen) atoms. The molecule has 0 saturated heterocycles. The highest BCUT2D eigenvalue weighted by Crippen LogP contribution is 2.32. The lowest BCUT2D eigenvalue weighted by Crippen LogP contribution is -2.36. The van der Waals surface area contributed by atoms with E-state index in [1.807, 2.05) is 24.3 Å². The van der Waals surface area contributed by atoms with E-state index in [0.717, 1.165) is 52.6 Å². The molecule has 2 aromatic carbocycles. The third-order valence-corrected chi connectivity index (χ3v) is 4.87. The smallest absolute Gasteiger partial charge is 0.189 e. The third kappa shape index (κ3) is 2.78. The number of carbonyl (C=O) groups excluding carboxylic acids is 1. The Kier molecular flexibility index (Phi) is 4.20. The number of hydrogen-bond acceptors (Lipinski definition) is 5. The fraction of sp³-hybridized carbons (Fsp3) is 0.150. The third-order valence-electron chi connectivity index (χ3n) is 4.87. The molecule has 0 amide bonds. The number of amidine groups is 1. The normalized spacial score (nSPS) is 16.4. The summed E-state index contributed by atoms with van der Waals surface area (Å²) < 4.78 is 0. The van der Waals surface area contributed by atoms with Crippen molar-refractivity contribution in [3.05, 3.63) is 71.3 Å². The van der Waals surface area contributed by atoms with Gasteiger partial charge in [0.15, 0.2) is 5.78 Å². The molecule has 7 heteroatoms. The van der Waals surface area contributed by atoms with Gasteiger partial charge in [0.2, 0.25) is 0 Å². The second-order valence-corrected chi connectivity index (χ2v) is 6.51. The topological polar surface area (TPSA) is 73.4 Å². The van der Waals surface area contributed by atoms with Crippen LogP contribution >= 0.6 is 12.4 Å². The number of aryl methyl sites for hydroxylation is 1. The number of nitrogens with one attached hydrogen (secondary N) is 2. The van der Waals surface area contributed by atoms with Crippen LogP contribution in [0.1, 0.15) is 21.5 Å². The van der Waals surface area contributed by atoms with Gasteiger partial charge in [-0.3, -0.25) is 9.79 Å². The van der Waals surface area contributed by atoms with Crippen LogP contribution in [0.3, 0.4) is 0 Å². The van der Waals surface area contributed by atoms with Crippen LogP contribution < -0.4 is 5.32 Å². The summed E-state index contributed by atoms with van der Waals surface area (Å²) in [7, 11) is 0. The zero-order valence-electron chi connectivity index (χ0n) is 14.7. The summed E-state index contributed by atoms with van der Waals surface area (Å²) in [5.41, 5.74) is 5.58. The fourth-order valence-electron chi connectivity index (χ4n) is 3.54. The molecule has 2 N–H and O–H groups in total. The molecule has 3 aromatic rings. The number of hydrogen-bond donors (Lipinski definition) is 2. The summed E-state index contributed by atoms with van der Waals surface area (Å²) in [6.45, 7) is 3.56. The number of para-hydroxylation sites is 1. The molecule has 0 radical (unpaired) electrons. The summed E-state index contributed by atoms with van der Waals surface area (Å²) in [4.78, 5) is 26.8. The van der Waals surface area contributed by atoms with Gasteiger partial charge in [-0.15, -0.1) is 12.4 Å². The predicted octanol–water partition coefficient (Wildman–Crippen LogP) is 3.51. The van der Waals surface area contributed by atoms with E-state index in [0.29, 0.717) is 5.56 Å². The van der Waals surface area contributed by atoms with E-state index in [1.165, 1.54) is 0 Å². The van der Waals surface area contributed by atoms with Crippen molar-refractivity contribution in [2.45, 2.75) is 6.92 Å². The molecule has 0 fully saturated rings. The highest BCUT2D eigenvalue weighted by molar-refractivity contribution is 6.11. The highest BCUT2D eigenvalue weighted by atomic mass is 35.5. The van der Waals surface area contributed by atoms with Crippen LogP contribution in [-0.2, 0) is 0 Å². The Morgan fingerprint density at radius 3 is 3.04 bits per heavy atom. The largest absolute Gasteiger partial charge is 0.345 e. The minimum atomic E-state index is -0.0488. The number of aromatic amines is 1. The zero-order valence-corrected chi connectivity index (χ0v) is 15.5. The van der Waals surface area contributed by atoms with Gasteiger partial charge in [0.25, 0.3) is 0 Å². The molecule has 0 aliphatic carbocycles. The van der Waals surface area contributed by atoms with Crippen LogP contribution in [0.15, 0.2) is 59.6 Å². The van der Waals surface area contributed by atoms with Crippen LogP contribution in [0, 0.1) is 6.92 Å². The molecule has 0 spiro atoms. The van der Waals surface area contributed by atoms with E-state index in [4.69, 9.17) is 0 Å². The fourth-order valence-corrected chi connectivity index (χ4v) is 3.54. The minimum absolute atomic E-state index is 0. The Morgan fingerprint density at radius 2 is 2.15 bits per heavy atom. The van der Waals surface area contributed by atoms with Gasteiger partial charge in [-0.2, -0.15) is 0 Å². The van der Waals surface area contributed by atoms with E-state index in [2.05, 4.69) is 44.2 Å². The molecule has 1 aromatic heterocycles. The van der Waals surface area contributed by atoms with Gasteiger partial charge in [-0.1, -0.05) is 12.1 Å². The van der Waals surface area contributed by atoms with E-state index in [1.54, 1.807) is 12.4 Å². The number of nitrogens with zero attached hydrogens (tertiary/aromatic N) is 3. The first kappa shape index (κ1) is 17.3. The molecular weight excluding hydrogens is 362 g/mol. The van der Waals surface area contributed by atoms with Crippen molar-refractivity contribution in [1.29, 1.82) is 0 Å². The van der Waals surface area contributed by atoms with Gasteiger partial charge >= 0.3 is 0 Å². The zero-order chi connectivity index (χ0) is 17.7. The van der Waals surface area contributed by atoms with Crippen LogP contribution in [0.5, 0.6) is 0 Å². The number of allylic oxidation sites excluding steroid dienone is 1. The van der Waals surface area contributed by atoms with Gasteiger partial charge in [0.05, 0.1) is 29.6 Å². The minimum Gasteiger partial charge on any atom is -0.345 e. The van der Waals surface area contributed by atoms with Crippen LogP contribution in [0.25, 0.3) is 11.0 Å². The van der Waals surface area contributed by atoms with Crippen LogP contribution in [0.4, 0.5) is 5.69 Å². The standard InChI is InChI=1S/C20H17N5O.ClH/c1-12-3-2-4-14-19(12)24-18(25-8-7-21-20(14)25)10-17(26)13-5-6-15-16(9-13)23-11-22-15;/h2-6,9-11,24H,7-8H2,1H3,(H,22,23);1H. The number of halogens is 1. The Morgan fingerprint density at radius 1 is 1.26 bits per heavy atom. The maximum absolute atomic E-state index is 12.8. The number of anilines is 1. The average Bonchev–Trinajstić information content (AvgIpc) is 3.31. The van der Waals surface area contributed by atoms with Crippen molar-refractivity contribution >= 4 is 40.7 Å². The van der Waals surface area contributed by atoms with Gasteiger partial charge < -0.3 is 15.2 Å². The molecule has 3 heterocycles. The lowest BCUT2D eigenvalue weighted by atomic mass is 10.0. The number of carbonyl (C=O) groups is 1. The number of ketones is 1. The summed E-state index contributed by atoms with van der Waals surface area (Å²) in [5.74, 6) is 1.66. The van der Waals surface area contributed by atoms with Crippen molar-refractivity contribution in [3.63, 3.8) is 0 Å². The molecule has 0 saturated carbocycles. The van der Waals surface area contributed by atoms with Gasteiger partial charge in [-0.25, -0.2) is 4.98 Å². The Hall–Kier alpha value is -3.12. The first-order valence-electron chi connectivity index (χ1n) is 8.59. The SMILES string of the molecule is Cc1cccc2c1NC(=CC(=O)c1ccc3nc[nH]c3c1)N1CCN=C21.Cl. The quantitative estimate of drug-likeness (QED) is 0.528. The van der Waals surface area contributed by atoms with Gasteiger partial charge in [0.1, 0.15) is 11.7 Å². The predicted molar refractivity (Wildman–Crippen MR) is 109 cm³/mol. The van der Waals surface area contributed by atoms with Crippen molar-refractivity contribution in [2.75, 3.05) is 18.4 Å². The number of fused-ring (bicyclic) bond motifs is 4. The van der Waals surface area contributed by atoms with E-state index < -0.39 is 0 Å². The molecular formula is C20H18ClN5O. The number of rotatable bonds is 2. The number of aromatic nitrogens is 2.